The third kappa shape index (κ3) is 71.7. The second kappa shape index (κ2) is 68.0. The van der Waals surface area contributed by atoms with E-state index in [2.05, 4.69) is 123 Å². The van der Waals surface area contributed by atoms with E-state index in [-0.39, 0.29) is 32.0 Å². The molecule has 88 heavy (non-hydrogen) atoms. The second-order valence-electron chi connectivity index (χ2n) is 25.6. The lowest BCUT2D eigenvalue weighted by Gasteiger charge is -2.28. The Kier molecular flexibility index (Phi) is 65.5. The molecular weight excluding hydrogens is 1110 g/mol. The Labute approximate surface area is 544 Å². The number of nitrogens with zero attached hydrogens (tertiary/aromatic N) is 1. The number of ether oxygens (including phenoxy) is 2. The third-order valence-corrected chi connectivity index (χ3v) is 16.7. The van der Waals surface area contributed by atoms with Crippen molar-refractivity contribution in [3.63, 3.8) is 0 Å². The minimum Gasteiger partial charge on any atom is -0.756 e. The predicted octanol–water partition coefficient (Wildman–Crippen LogP) is 23.4. The van der Waals surface area contributed by atoms with Crippen molar-refractivity contribution in [1.29, 1.82) is 0 Å². The van der Waals surface area contributed by atoms with Gasteiger partial charge >= 0.3 is 11.9 Å². The fourth-order valence-electron chi connectivity index (χ4n) is 10.2. The summed E-state index contributed by atoms with van der Waals surface area (Å²) in [7, 11) is 1.16. The van der Waals surface area contributed by atoms with Crippen LogP contribution in [0.5, 0.6) is 0 Å². The van der Waals surface area contributed by atoms with Crippen molar-refractivity contribution in [3.8, 4) is 0 Å². The molecule has 10 heteroatoms. The average molecular weight is 1250 g/mol. The summed E-state index contributed by atoms with van der Waals surface area (Å²) in [4.78, 5) is 38.1. The number of esters is 2. The summed E-state index contributed by atoms with van der Waals surface area (Å²) in [5, 5.41) is 0. The van der Waals surface area contributed by atoms with Crippen LogP contribution in [0.2, 0.25) is 0 Å². The van der Waals surface area contributed by atoms with E-state index in [0.29, 0.717) is 17.4 Å². The fraction of sp³-hybridized carbons (Fsp3) is 0.744. The van der Waals surface area contributed by atoms with Crippen molar-refractivity contribution in [3.05, 3.63) is 109 Å². The van der Waals surface area contributed by atoms with Crippen molar-refractivity contribution in [2.45, 2.75) is 328 Å². The number of likely N-dealkylation sites (N-methyl/N-ethyl adjacent to an activating group) is 1. The zero-order valence-electron chi connectivity index (χ0n) is 57.9. The van der Waals surface area contributed by atoms with E-state index in [0.717, 1.165) is 96.3 Å². The molecule has 508 valence electrons. The van der Waals surface area contributed by atoms with Crippen molar-refractivity contribution in [2.24, 2.45) is 0 Å². The third-order valence-electron chi connectivity index (χ3n) is 15.8. The number of phosphoric ester groups is 1. The van der Waals surface area contributed by atoms with E-state index in [9.17, 15) is 19.0 Å². The summed E-state index contributed by atoms with van der Waals surface area (Å²) in [6.45, 7) is 4.13. The molecule has 0 bridgehead atoms. The monoisotopic (exact) mass is 1250 g/mol. The first-order valence-electron chi connectivity index (χ1n) is 36.6. The fourth-order valence-corrected chi connectivity index (χ4v) is 10.9. The molecule has 0 amide bonds. The minimum atomic E-state index is -4.65. The number of quaternary nitrogens is 1. The van der Waals surface area contributed by atoms with Crippen molar-refractivity contribution < 1.29 is 42.1 Å². The molecule has 0 saturated heterocycles. The number of carbonyl (C=O) groups is 2. The molecule has 0 heterocycles. The van der Waals surface area contributed by atoms with Gasteiger partial charge in [-0.15, -0.1) is 0 Å². The maximum Gasteiger partial charge on any atom is 0.306 e. The van der Waals surface area contributed by atoms with Gasteiger partial charge in [-0.3, -0.25) is 14.2 Å². The van der Waals surface area contributed by atoms with Crippen LogP contribution < -0.4 is 4.89 Å². The summed E-state index contributed by atoms with van der Waals surface area (Å²) in [6.07, 6.45) is 96.1. The molecule has 0 aliphatic heterocycles. The Hall–Kier alpha value is -3.33. The SMILES string of the molecule is CC/C=C\C/C=C\C/C=C\C/C=C\C/C=C\C/C=C\C/C=C\CCCCCCCCCC(=O)OC(COC(=O)CCCCCCCCCCCCCCCCCCCCCCCCC/C=C\C/C=C\CCCCCCC)COP(=O)([O-])OCC[N+](C)(C)C. The van der Waals surface area contributed by atoms with E-state index < -0.39 is 26.5 Å². The molecule has 0 aliphatic carbocycles. The van der Waals surface area contributed by atoms with Crippen LogP contribution in [0, 0.1) is 0 Å². The molecule has 0 fully saturated rings. The minimum absolute atomic E-state index is 0.0369. The Morgan fingerprint density at radius 1 is 0.364 bits per heavy atom. The lowest BCUT2D eigenvalue weighted by atomic mass is 10.0. The van der Waals surface area contributed by atoms with Gasteiger partial charge in [0.25, 0.3) is 7.82 Å². The van der Waals surface area contributed by atoms with Gasteiger partial charge in [-0.1, -0.05) is 316 Å². The van der Waals surface area contributed by atoms with Crippen molar-refractivity contribution in [1.82, 2.24) is 0 Å². The number of carbonyl (C=O) groups excluding carboxylic acids is 2. The smallest absolute Gasteiger partial charge is 0.306 e. The number of unbranched alkanes of at least 4 members (excludes halogenated alkanes) is 35. The van der Waals surface area contributed by atoms with E-state index in [1.807, 2.05) is 21.1 Å². The van der Waals surface area contributed by atoms with E-state index >= 15 is 0 Å². The zero-order valence-corrected chi connectivity index (χ0v) is 58.8. The van der Waals surface area contributed by atoms with Crippen LogP contribution in [0.4, 0.5) is 0 Å². The zero-order chi connectivity index (χ0) is 64.1. The molecule has 0 aliphatic rings. The van der Waals surface area contributed by atoms with Gasteiger partial charge in [0.15, 0.2) is 6.10 Å². The highest BCUT2D eigenvalue weighted by molar-refractivity contribution is 7.45. The number of allylic oxidation sites excluding steroid dienone is 18. The van der Waals surface area contributed by atoms with Gasteiger partial charge < -0.3 is 27.9 Å². The maximum atomic E-state index is 12.9. The van der Waals surface area contributed by atoms with E-state index in [1.165, 1.54) is 193 Å². The first-order chi connectivity index (χ1) is 43.0. The van der Waals surface area contributed by atoms with Gasteiger partial charge in [-0.05, 0) is 103 Å². The van der Waals surface area contributed by atoms with Crippen LogP contribution in [0.1, 0.15) is 322 Å². The first kappa shape index (κ1) is 84.7. The molecular formula is C78H138NO8P. The second-order valence-corrected chi connectivity index (χ2v) is 27.0. The molecule has 9 nitrogen and oxygen atoms in total. The molecule has 0 saturated carbocycles. The van der Waals surface area contributed by atoms with Crippen LogP contribution in [0.3, 0.4) is 0 Å². The van der Waals surface area contributed by atoms with Gasteiger partial charge in [-0.2, -0.15) is 0 Å². The number of rotatable bonds is 67. The topological polar surface area (TPSA) is 111 Å². The lowest BCUT2D eigenvalue weighted by Crippen LogP contribution is -2.37. The van der Waals surface area contributed by atoms with Gasteiger partial charge in [0.05, 0.1) is 27.7 Å². The number of hydrogen-bond acceptors (Lipinski definition) is 8. The van der Waals surface area contributed by atoms with E-state index in [1.54, 1.807) is 0 Å². The van der Waals surface area contributed by atoms with Crippen molar-refractivity contribution >= 4 is 19.8 Å². The summed E-state index contributed by atoms with van der Waals surface area (Å²) >= 11 is 0. The van der Waals surface area contributed by atoms with Gasteiger partial charge in [0.1, 0.15) is 19.8 Å². The van der Waals surface area contributed by atoms with Crippen LogP contribution >= 0.6 is 7.82 Å². The Morgan fingerprint density at radius 2 is 0.648 bits per heavy atom. The largest absolute Gasteiger partial charge is 0.756 e. The molecule has 0 radical (unpaired) electrons. The molecule has 0 aromatic rings. The van der Waals surface area contributed by atoms with Crippen LogP contribution in [-0.4, -0.2) is 70.0 Å². The van der Waals surface area contributed by atoms with Crippen LogP contribution in [0.15, 0.2) is 109 Å². The quantitative estimate of drug-likeness (QED) is 0.0195. The highest BCUT2D eigenvalue weighted by Gasteiger charge is 2.22. The van der Waals surface area contributed by atoms with Gasteiger partial charge in [0, 0.05) is 12.8 Å². The molecule has 0 rings (SSSR count). The molecule has 2 unspecified atom stereocenters. The highest BCUT2D eigenvalue weighted by atomic mass is 31.2. The number of phosphoric acid groups is 1. The first-order valence-corrected chi connectivity index (χ1v) is 38.1. The Bertz CT molecular complexity index is 1850. The predicted molar refractivity (Wildman–Crippen MR) is 378 cm³/mol. The summed E-state index contributed by atoms with van der Waals surface area (Å²) < 4.78 is 34.3. The summed E-state index contributed by atoms with van der Waals surface area (Å²) in [5.41, 5.74) is 0. The van der Waals surface area contributed by atoms with Crippen molar-refractivity contribution in [2.75, 3.05) is 47.5 Å². The van der Waals surface area contributed by atoms with E-state index in [4.69, 9.17) is 18.5 Å². The number of hydrogen-bond donors (Lipinski definition) is 0. The maximum absolute atomic E-state index is 12.9. The Balaban J connectivity index is 4.03. The summed E-state index contributed by atoms with van der Waals surface area (Å²) in [5.74, 6) is -0.840. The highest BCUT2D eigenvalue weighted by Crippen LogP contribution is 2.38. The summed E-state index contributed by atoms with van der Waals surface area (Å²) in [6, 6.07) is 0. The van der Waals surface area contributed by atoms with Crippen LogP contribution in [0.25, 0.3) is 0 Å². The van der Waals surface area contributed by atoms with Crippen LogP contribution in [-0.2, 0) is 32.7 Å². The molecule has 2 atom stereocenters. The molecule has 0 aromatic heterocycles. The lowest BCUT2D eigenvalue weighted by molar-refractivity contribution is -0.870. The van der Waals surface area contributed by atoms with Gasteiger partial charge in [-0.25, -0.2) is 0 Å². The van der Waals surface area contributed by atoms with Gasteiger partial charge in [0.2, 0.25) is 0 Å². The molecule has 0 aromatic carbocycles. The normalized spacial score (nSPS) is 13.8. The Morgan fingerprint density at radius 3 is 0.966 bits per heavy atom. The standard InChI is InChI=1S/C78H138NO8P/c1-6-8-10-12-14-16-18-20-22-24-26-28-30-32-34-36-37-38-39-40-41-43-44-46-48-50-52-54-56-58-60-62-64-66-68-70-77(80)84-74-76(75-86-88(82,83)85-73-72-79(3,4)5)87-78(81)71-69-67-65-63-61-59-57-55-53-51-49-47-45-42-35-33-31-29-27-25-23-21-19-17-15-13-11-9-7-2/h9,11,15,17-18,20-21,23-24,26-27,29,33,35,45,47,51,53,76H,6-8,10,12-14,16,19,22,25,28,30-32,34,36-44,46,48-50,52,54-75H2,1-5H3/b11-9-,17-15-,20-18-,23-21-,26-24-,29-27-,35-33-,47-45-,53-51-. The average Bonchev–Trinajstić information content (AvgIpc) is 3.68. The molecule has 0 spiro atoms. The molecule has 0 N–H and O–H groups in total.